The lowest BCUT2D eigenvalue weighted by molar-refractivity contribution is 0.0270. The Hall–Kier alpha value is -3.68. The Bertz CT molecular complexity index is 994. The van der Waals surface area contributed by atoms with Crippen molar-refractivity contribution in [1.29, 1.82) is 0 Å². The zero-order valence-corrected chi connectivity index (χ0v) is 24.2. The van der Waals surface area contributed by atoms with Gasteiger partial charge in [0.05, 0.1) is 34.5 Å². The van der Waals surface area contributed by atoms with Crippen LogP contribution in [-0.2, 0) is 9.47 Å². The first-order chi connectivity index (χ1) is 19.1. The van der Waals surface area contributed by atoms with Crippen LogP contribution in [0.15, 0.2) is 48.5 Å². The average molecular weight is 557 g/mol. The molecule has 2 unspecified atom stereocenters. The molecule has 2 aromatic rings. The number of unbranched alkanes of at least 4 members (excludes halogenated alkanes) is 6. The highest BCUT2D eigenvalue weighted by molar-refractivity contribution is 6.03. The van der Waals surface area contributed by atoms with Crippen molar-refractivity contribution in [3.05, 3.63) is 70.8 Å². The number of carboxylic acid groups (broad SMARTS) is 2. The predicted octanol–water partition coefficient (Wildman–Crippen LogP) is 7.80. The normalized spacial score (nSPS) is 11.9. The zero-order chi connectivity index (χ0) is 29.9. The molecular weight excluding hydrogens is 512 g/mol. The second-order valence-electron chi connectivity index (χ2n) is 9.83. The second-order valence-corrected chi connectivity index (χ2v) is 9.83. The number of carboxylic acids is 2. The van der Waals surface area contributed by atoms with Gasteiger partial charge in [-0.1, -0.05) is 76.6 Å². The number of carbonyl (C=O) groups is 4. The topological polar surface area (TPSA) is 127 Å². The molecule has 0 spiro atoms. The van der Waals surface area contributed by atoms with Crippen LogP contribution in [-0.4, -0.2) is 46.3 Å². The monoisotopic (exact) mass is 556 g/mol. The van der Waals surface area contributed by atoms with Crippen molar-refractivity contribution >= 4 is 23.9 Å². The molecule has 0 aliphatic heterocycles. The van der Waals surface area contributed by atoms with Gasteiger partial charge in [0, 0.05) is 0 Å². The summed E-state index contributed by atoms with van der Waals surface area (Å²) in [5.74, 6) is -3.36. The van der Waals surface area contributed by atoms with E-state index in [-0.39, 0.29) is 34.5 Å². The Morgan fingerprint density at radius 3 is 1.20 bits per heavy atom. The van der Waals surface area contributed by atoms with Crippen LogP contribution < -0.4 is 0 Å². The standard InChI is InChI=1S/C24H38O4.C8H6O4/c1-5-7-9-11-15-19(3)27-23(25)21-17-13-14-18-22(21)24(26)28-20(4)16-12-10-8-6-2;9-7(10)5-3-1-2-4-6(5)8(11)12/h13-14,17-20H,5-12,15-16H2,1-4H3;1-4H,(H,9,10)(H,11,12). The molecular formula is C32H44O8. The number of benzene rings is 2. The number of hydrogen-bond acceptors (Lipinski definition) is 6. The fraction of sp³-hybridized carbons (Fsp3) is 0.500. The van der Waals surface area contributed by atoms with Gasteiger partial charge in [-0.25, -0.2) is 19.2 Å². The zero-order valence-electron chi connectivity index (χ0n) is 24.2. The van der Waals surface area contributed by atoms with E-state index >= 15 is 0 Å². The molecule has 8 heteroatoms. The van der Waals surface area contributed by atoms with Crippen LogP contribution in [0.4, 0.5) is 0 Å². The number of carbonyl (C=O) groups excluding carboxylic acids is 2. The maximum Gasteiger partial charge on any atom is 0.339 e. The Labute approximate surface area is 237 Å². The summed E-state index contributed by atoms with van der Waals surface area (Å²) >= 11 is 0. The summed E-state index contributed by atoms with van der Waals surface area (Å²) in [6.45, 7) is 8.16. The molecule has 0 aliphatic carbocycles. The van der Waals surface area contributed by atoms with E-state index in [1.54, 1.807) is 24.3 Å². The van der Waals surface area contributed by atoms with Crippen molar-refractivity contribution in [2.24, 2.45) is 0 Å². The molecule has 220 valence electrons. The second kappa shape index (κ2) is 19.4. The summed E-state index contributed by atoms with van der Waals surface area (Å²) in [4.78, 5) is 46.1. The quantitative estimate of drug-likeness (QED) is 0.158. The van der Waals surface area contributed by atoms with Gasteiger partial charge >= 0.3 is 23.9 Å². The highest BCUT2D eigenvalue weighted by atomic mass is 16.5. The van der Waals surface area contributed by atoms with Gasteiger partial charge in [0.2, 0.25) is 0 Å². The van der Waals surface area contributed by atoms with E-state index in [1.807, 2.05) is 13.8 Å². The highest BCUT2D eigenvalue weighted by Gasteiger charge is 2.22. The number of rotatable bonds is 16. The maximum atomic E-state index is 12.6. The summed E-state index contributed by atoms with van der Waals surface area (Å²) < 4.78 is 11.1. The molecule has 2 N–H and O–H groups in total. The largest absolute Gasteiger partial charge is 0.478 e. The number of aromatic carboxylic acids is 2. The molecule has 0 fully saturated rings. The van der Waals surface area contributed by atoms with Crippen molar-refractivity contribution < 1.29 is 38.9 Å². The van der Waals surface area contributed by atoms with E-state index in [1.165, 1.54) is 49.9 Å². The fourth-order valence-electron chi connectivity index (χ4n) is 4.02. The molecule has 0 aromatic heterocycles. The van der Waals surface area contributed by atoms with Gasteiger partial charge < -0.3 is 19.7 Å². The van der Waals surface area contributed by atoms with Crippen LogP contribution >= 0.6 is 0 Å². The molecule has 2 atom stereocenters. The van der Waals surface area contributed by atoms with Gasteiger partial charge in [-0.2, -0.15) is 0 Å². The minimum absolute atomic E-state index is 0.161. The van der Waals surface area contributed by atoms with Crippen LogP contribution in [0.3, 0.4) is 0 Å². The van der Waals surface area contributed by atoms with Crippen LogP contribution in [0.5, 0.6) is 0 Å². The third kappa shape index (κ3) is 12.9. The van der Waals surface area contributed by atoms with Crippen molar-refractivity contribution in [3.8, 4) is 0 Å². The van der Waals surface area contributed by atoms with Gasteiger partial charge in [0.1, 0.15) is 0 Å². The number of ether oxygens (including phenoxy) is 2. The van der Waals surface area contributed by atoms with Crippen LogP contribution in [0.2, 0.25) is 0 Å². The molecule has 0 amide bonds. The third-order valence-corrected chi connectivity index (χ3v) is 6.30. The van der Waals surface area contributed by atoms with E-state index < -0.39 is 23.9 Å². The Morgan fingerprint density at radius 1 is 0.575 bits per heavy atom. The van der Waals surface area contributed by atoms with Crippen LogP contribution in [0.1, 0.15) is 133 Å². The Kier molecular flexibility index (Phi) is 16.6. The van der Waals surface area contributed by atoms with Gasteiger partial charge in [-0.05, 0) is 63.8 Å². The highest BCUT2D eigenvalue weighted by Crippen LogP contribution is 2.17. The van der Waals surface area contributed by atoms with E-state index in [2.05, 4.69) is 13.8 Å². The maximum absolute atomic E-state index is 12.6. The van der Waals surface area contributed by atoms with Crippen molar-refractivity contribution in [1.82, 2.24) is 0 Å². The van der Waals surface area contributed by atoms with E-state index in [0.29, 0.717) is 0 Å². The lowest BCUT2D eigenvalue weighted by atomic mass is 10.1. The van der Waals surface area contributed by atoms with E-state index in [0.717, 1.165) is 38.5 Å². The molecule has 0 heterocycles. The molecule has 40 heavy (non-hydrogen) atoms. The van der Waals surface area contributed by atoms with E-state index in [9.17, 15) is 19.2 Å². The number of esters is 2. The molecule has 0 radical (unpaired) electrons. The first kappa shape index (κ1) is 34.3. The molecule has 8 nitrogen and oxygen atoms in total. The lowest BCUT2D eigenvalue weighted by Gasteiger charge is -2.16. The van der Waals surface area contributed by atoms with Crippen molar-refractivity contribution in [3.63, 3.8) is 0 Å². The lowest BCUT2D eigenvalue weighted by Crippen LogP contribution is -2.20. The van der Waals surface area contributed by atoms with Gasteiger partial charge in [-0.15, -0.1) is 0 Å². The van der Waals surface area contributed by atoms with Crippen LogP contribution in [0, 0.1) is 0 Å². The summed E-state index contributed by atoms with van der Waals surface area (Å²) in [5.41, 5.74) is 0.187. The SMILES string of the molecule is CCCCCCC(C)OC(=O)c1ccccc1C(=O)OC(C)CCCCCC.O=C(O)c1ccccc1C(=O)O. The predicted molar refractivity (Wildman–Crippen MR) is 154 cm³/mol. The molecule has 0 saturated heterocycles. The van der Waals surface area contributed by atoms with Gasteiger partial charge in [0.25, 0.3) is 0 Å². The molecule has 0 saturated carbocycles. The molecule has 2 rings (SSSR count). The third-order valence-electron chi connectivity index (χ3n) is 6.30. The van der Waals surface area contributed by atoms with Gasteiger partial charge in [-0.3, -0.25) is 0 Å². The van der Waals surface area contributed by atoms with Gasteiger partial charge in [0.15, 0.2) is 0 Å². The first-order valence-corrected chi connectivity index (χ1v) is 14.2. The van der Waals surface area contributed by atoms with Crippen LogP contribution in [0.25, 0.3) is 0 Å². The average Bonchev–Trinajstić information content (AvgIpc) is 2.93. The summed E-state index contributed by atoms with van der Waals surface area (Å²) in [6, 6.07) is 12.2. The molecule has 0 aliphatic rings. The summed E-state index contributed by atoms with van der Waals surface area (Å²) in [5, 5.41) is 17.1. The smallest absolute Gasteiger partial charge is 0.339 e. The summed E-state index contributed by atoms with van der Waals surface area (Å²) in [7, 11) is 0. The van der Waals surface area contributed by atoms with Crippen molar-refractivity contribution in [2.75, 3.05) is 0 Å². The number of hydrogen-bond donors (Lipinski definition) is 2. The molecule has 0 bridgehead atoms. The minimum Gasteiger partial charge on any atom is -0.478 e. The summed E-state index contributed by atoms with van der Waals surface area (Å²) in [6.07, 6.45) is 10.5. The fourth-order valence-corrected chi connectivity index (χ4v) is 4.02. The first-order valence-electron chi connectivity index (χ1n) is 14.2. The molecule has 2 aromatic carbocycles. The van der Waals surface area contributed by atoms with E-state index in [4.69, 9.17) is 19.7 Å². The minimum atomic E-state index is -1.23. The Morgan fingerprint density at radius 2 is 0.900 bits per heavy atom. The Balaban J connectivity index is 0.000000552. The van der Waals surface area contributed by atoms with Crippen molar-refractivity contribution in [2.45, 2.75) is 104 Å².